The maximum atomic E-state index is 11.0. The predicted molar refractivity (Wildman–Crippen MR) is 58.4 cm³/mol. The van der Waals surface area contributed by atoms with Crippen LogP contribution in [0.25, 0.3) is 0 Å². The third-order valence-electron chi connectivity index (χ3n) is 2.24. The van der Waals surface area contributed by atoms with Crippen LogP contribution in [0, 0.1) is 0 Å². The van der Waals surface area contributed by atoms with Crippen LogP contribution in [0.2, 0.25) is 0 Å². The molecule has 0 radical (unpaired) electrons. The van der Waals surface area contributed by atoms with Gasteiger partial charge >= 0.3 is 0 Å². The van der Waals surface area contributed by atoms with Crippen LogP contribution in [-0.2, 0) is 11.3 Å². The lowest BCUT2D eigenvalue weighted by Gasteiger charge is -2.12. The molecule has 1 heterocycles. The molecule has 5 heteroatoms. The Bertz CT molecular complexity index is 284. The number of hydrogen-bond acceptors (Lipinski definition) is 3. The average molecular weight is 210 g/mol. The summed E-state index contributed by atoms with van der Waals surface area (Å²) in [7, 11) is 1.64. The fourth-order valence-electron chi connectivity index (χ4n) is 1.22. The number of amides is 1. The third-order valence-corrected chi connectivity index (χ3v) is 2.24. The van der Waals surface area contributed by atoms with Gasteiger partial charge in [-0.3, -0.25) is 9.48 Å². The van der Waals surface area contributed by atoms with E-state index < -0.39 is 0 Å². The van der Waals surface area contributed by atoms with Crippen LogP contribution in [0.3, 0.4) is 0 Å². The van der Waals surface area contributed by atoms with Crippen molar-refractivity contribution in [3.05, 3.63) is 18.5 Å². The highest BCUT2D eigenvalue weighted by Gasteiger charge is 2.04. The van der Waals surface area contributed by atoms with E-state index in [1.807, 2.05) is 16.9 Å². The second kappa shape index (κ2) is 6.19. The summed E-state index contributed by atoms with van der Waals surface area (Å²) in [5.74, 6) is 0.0148. The monoisotopic (exact) mass is 210 g/mol. The summed E-state index contributed by atoms with van der Waals surface area (Å²) in [5.41, 5.74) is 0. The van der Waals surface area contributed by atoms with Crippen molar-refractivity contribution in [1.29, 1.82) is 0 Å². The van der Waals surface area contributed by atoms with Gasteiger partial charge in [-0.1, -0.05) is 0 Å². The lowest BCUT2D eigenvalue weighted by atomic mass is 10.2. The summed E-state index contributed by atoms with van der Waals surface area (Å²) in [6.07, 6.45) is 4.66. The Hall–Kier alpha value is -1.36. The van der Waals surface area contributed by atoms with Crippen LogP contribution in [0.1, 0.15) is 13.3 Å². The smallest absolute Gasteiger partial charge is 0.233 e. The van der Waals surface area contributed by atoms with E-state index in [-0.39, 0.29) is 5.91 Å². The van der Waals surface area contributed by atoms with Gasteiger partial charge in [0.25, 0.3) is 0 Å². The Kier molecular flexibility index (Phi) is 4.83. The number of hydrogen-bond donors (Lipinski definition) is 2. The number of carbonyl (C=O) groups is 1. The van der Waals surface area contributed by atoms with Crippen molar-refractivity contribution < 1.29 is 4.79 Å². The molecule has 2 N–H and O–H groups in total. The van der Waals surface area contributed by atoms with Crippen LogP contribution in [0.15, 0.2) is 18.5 Å². The first-order chi connectivity index (χ1) is 7.22. The standard InChI is InChI=1S/C10H18N4O/c1-9(12-8-10(15)11-2)4-7-14-6-3-5-13-14/h3,5-6,9,12H,4,7-8H2,1-2H3,(H,11,15). The fourth-order valence-corrected chi connectivity index (χ4v) is 1.22. The number of nitrogens with zero attached hydrogens (tertiary/aromatic N) is 2. The van der Waals surface area contributed by atoms with E-state index in [9.17, 15) is 4.79 Å². The first-order valence-corrected chi connectivity index (χ1v) is 5.13. The molecule has 5 nitrogen and oxygen atoms in total. The molecule has 0 aliphatic heterocycles. The molecule has 1 amide bonds. The predicted octanol–water partition coefficient (Wildman–Crippen LogP) is -0.00270. The quantitative estimate of drug-likeness (QED) is 0.694. The molecule has 15 heavy (non-hydrogen) atoms. The van der Waals surface area contributed by atoms with Crippen molar-refractivity contribution in [3.8, 4) is 0 Å². The zero-order valence-corrected chi connectivity index (χ0v) is 9.23. The fraction of sp³-hybridized carbons (Fsp3) is 0.600. The van der Waals surface area contributed by atoms with Gasteiger partial charge in [-0.2, -0.15) is 5.10 Å². The molecule has 0 saturated heterocycles. The average Bonchev–Trinajstić information content (AvgIpc) is 2.75. The molecule has 0 fully saturated rings. The van der Waals surface area contributed by atoms with E-state index in [0.717, 1.165) is 13.0 Å². The Morgan fingerprint density at radius 1 is 1.60 bits per heavy atom. The van der Waals surface area contributed by atoms with Gasteiger partial charge in [-0.15, -0.1) is 0 Å². The Balaban J connectivity index is 2.13. The van der Waals surface area contributed by atoms with Crippen molar-refractivity contribution >= 4 is 5.91 Å². The normalized spacial score (nSPS) is 12.4. The maximum Gasteiger partial charge on any atom is 0.233 e. The highest BCUT2D eigenvalue weighted by atomic mass is 16.1. The minimum absolute atomic E-state index is 0.0148. The molecule has 0 aliphatic carbocycles. The topological polar surface area (TPSA) is 59.0 Å². The van der Waals surface area contributed by atoms with E-state index in [4.69, 9.17) is 0 Å². The van der Waals surface area contributed by atoms with Gasteiger partial charge in [0.15, 0.2) is 0 Å². The van der Waals surface area contributed by atoms with Gasteiger partial charge in [0.05, 0.1) is 6.54 Å². The number of nitrogens with one attached hydrogen (secondary N) is 2. The molecule has 0 saturated carbocycles. The van der Waals surface area contributed by atoms with Crippen molar-refractivity contribution in [1.82, 2.24) is 20.4 Å². The molecule has 1 aromatic rings. The summed E-state index contributed by atoms with van der Waals surface area (Å²) in [4.78, 5) is 11.0. The van der Waals surface area contributed by atoms with Crippen LogP contribution < -0.4 is 10.6 Å². The molecule has 0 aliphatic rings. The van der Waals surface area contributed by atoms with Crippen LogP contribution in [-0.4, -0.2) is 35.3 Å². The van der Waals surface area contributed by atoms with E-state index in [2.05, 4.69) is 22.7 Å². The van der Waals surface area contributed by atoms with Gasteiger partial charge in [-0.05, 0) is 19.4 Å². The summed E-state index contributed by atoms with van der Waals surface area (Å²) in [5, 5.41) is 9.82. The first-order valence-electron chi connectivity index (χ1n) is 5.13. The molecular formula is C10H18N4O. The molecule has 0 aromatic carbocycles. The summed E-state index contributed by atoms with van der Waals surface area (Å²) >= 11 is 0. The van der Waals surface area contributed by atoms with Gasteiger partial charge < -0.3 is 10.6 Å². The molecule has 1 aromatic heterocycles. The van der Waals surface area contributed by atoms with Crippen LogP contribution in [0.4, 0.5) is 0 Å². The van der Waals surface area contributed by atoms with Crippen LogP contribution >= 0.6 is 0 Å². The van der Waals surface area contributed by atoms with Crippen molar-refractivity contribution in [2.24, 2.45) is 0 Å². The first kappa shape index (κ1) is 11.7. The molecule has 1 atom stereocenters. The Morgan fingerprint density at radius 3 is 3.00 bits per heavy atom. The zero-order chi connectivity index (χ0) is 11.1. The summed E-state index contributed by atoms with van der Waals surface area (Å²) in [6, 6.07) is 2.22. The third kappa shape index (κ3) is 4.60. The number of carbonyl (C=O) groups excluding carboxylic acids is 1. The Labute approximate surface area is 89.9 Å². The highest BCUT2D eigenvalue weighted by molar-refractivity contribution is 5.77. The molecular weight excluding hydrogens is 192 g/mol. The van der Waals surface area contributed by atoms with Crippen molar-refractivity contribution in [2.45, 2.75) is 25.9 Å². The van der Waals surface area contributed by atoms with Gasteiger partial charge in [-0.25, -0.2) is 0 Å². The minimum Gasteiger partial charge on any atom is -0.358 e. The van der Waals surface area contributed by atoms with E-state index in [0.29, 0.717) is 12.6 Å². The summed E-state index contributed by atoms with van der Waals surface area (Å²) < 4.78 is 1.89. The number of likely N-dealkylation sites (N-methyl/N-ethyl adjacent to an activating group) is 1. The number of aryl methyl sites for hydroxylation is 1. The van der Waals surface area contributed by atoms with Crippen molar-refractivity contribution in [3.63, 3.8) is 0 Å². The van der Waals surface area contributed by atoms with E-state index >= 15 is 0 Å². The largest absolute Gasteiger partial charge is 0.358 e. The molecule has 1 rings (SSSR count). The minimum atomic E-state index is 0.0148. The molecule has 84 valence electrons. The summed E-state index contributed by atoms with van der Waals surface area (Å²) in [6.45, 7) is 3.30. The van der Waals surface area contributed by atoms with Gasteiger partial charge in [0.2, 0.25) is 5.91 Å². The van der Waals surface area contributed by atoms with E-state index in [1.54, 1.807) is 13.2 Å². The Morgan fingerprint density at radius 2 is 2.40 bits per heavy atom. The lowest BCUT2D eigenvalue weighted by Crippen LogP contribution is -2.36. The highest BCUT2D eigenvalue weighted by Crippen LogP contribution is 1.94. The number of aromatic nitrogens is 2. The van der Waals surface area contributed by atoms with Gasteiger partial charge in [0.1, 0.15) is 0 Å². The van der Waals surface area contributed by atoms with Gasteiger partial charge in [0, 0.05) is 32.0 Å². The van der Waals surface area contributed by atoms with E-state index in [1.165, 1.54) is 0 Å². The maximum absolute atomic E-state index is 11.0. The SMILES string of the molecule is CNC(=O)CNC(C)CCn1cccn1. The second-order valence-corrected chi connectivity index (χ2v) is 3.51. The lowest BCUT2D eigenvalue weighted by molar-refractivity contribution is -0.119. The van der Waals surface area contributed by atoms with Crippen molar-refractivity contribution in [2.75, 3.05) is 13.6 Å². The number of rotatable bonds is 6. The molecule has 0 bridgehead atoms. The zero-order valence-electron chi connectivity index (χ0n) is 9.23. The van der Waals surface area contributed by atoms with Crippen LogP contribution in [0.5, 0.6) is 0 Å². The second-order valence-electron chi connectivity index (χ2n) is 3.51. The molecule has 1 unspecified atom stereocenters. The molecule has 0 spiro atoms.